The van der Waals surface area contributed by atoms with Gasteiger partial charge in [0.2, 0.25) is 5.91 Å². The van der Waals surface area contributed by atoms with E-state index in [-0.39, 0.29) is 17.9 Å². The average molecular weight is 380 g/mol. The summed E-state index contributed by atoms with van der Waals surface area (Å²) in [4.78, 5) is 12.0. The maximum Gasteiger partial charge on any atom is 0.220 e. The molecule has 4 heteroatoms. The first kappa shape index (κ1) is 18.9. The third-order valence-electron chi connectivity index (χ3n) is 5.98. The molecule has 1 heterocycles. The Labute approximate surface area is 167 Å². The molecule has 1 amide bonds. The van der Waals surface area contributed by atoms with Gasteiger partial charge in [-0.15, -0.1) is 0 Å². The fourth-order valence-corrected chi connectivity index (χ4v) is 4.50. The van der Waals surface area contributed by atoms with Gasteiger partial charge in [-0.05, 0) is 55.2 Å². The predicted octanol–water partition coefficient (Wildman–Crippen LogP) is 4.60. The van der Waals surface area contributed by atoms with Gasteiger partial charge in [-0.3, -0.25) is 4.79 Å². The monoisotopic (exact) mass is 379 g/mol. The van der Waals surface area contributed by atoms with E-state index < -0.39 is 0 Å². The number of piperidine rings is 1. The van der Waals surface area contributed by atoms with Crippen LogP contribution in [0.15, 0.2) is 42.5 Å². The standard InChI is InChI=1S/C24H29NO3/c1-27-22-12-11-20(18-13-14-25-23(26)16-18)21(15-17-7-3-2-4-8-17)24(22)28-19-9-5-6-10-19/h2-4,7-8,11-12,18-19H,5-6,9-10,13-16H2,1H3,(H,25,26). The first-order chi connectivity index (χ1) is 13.7. The van der Waals surface area contributed by atoms with E-state index in [1.54, 1.807) is 7.11 Å². The van der Waals surface area contributed by atoms with Gasteiger partial charge in [0.15, 0.2) is 11.5 Å². The van der Waals surface area contributed by atoms with E-state index in [1.807, 2.05) is 12.1 Å². The van der Waals surface area contributed by atoms with Crippen LogP contribution >= 0.6 is 0 Å². The van der Waals surface area contributed by atoms with Crippen molar-refractivity contribution >= 4 is 5.91 Å². The van der Waals surface area contributed by atoms with Crippen molar-refractivity contribution in [3.63, 3.8) is 0 Å². The summed E-state index contributed by atoms with van der Waals surface area (Å²) in [6.45, 7) is 0.735. The van der Waals surface area contributed by atoms with E-state index >= 15 is 0 Å². The molecule has 0 radical (unpaired) electrons. The van der Waals surface area contributed by atoms with Gasteiger partial charge in [0.05, 0.1) is 13.2 Å². The summed E-state index contributed by atoms with van der Waals surface area (Å²) in [5, 5.41) is 2.95. The molecule has 4 nitrogen and oxygen atoms in total. The molecule has 148 valence electrons. The van der Waals surface area contributed by atoms with Gasteiger partial charge >= 0.3 is 0 Å². The van der Waals surface area contributed by atoms with Crippen LogP contribution in [0.4, 0.5) is 0 Å². The Bertz CT molecular complexity index is 812. The average Bonchev–Trinajstić information content (AvgIpc) is 3.23. The molecule has 1 atom stereocenters. The quantitative estimate of drug-likeness (QED) is 0.798. The van der Waals surface area contributed by atoms with Gasteiger partial charge in [-0.1, -0.05) is 36.4 Å². The lowest BCUT2D eigenvalue weighted by atomic mass is 9.84. The van der Waals surface area contributed by atoms with Crippen molar-refractivity contribution in [3.8, 4) is 11.5 Å². The molecule has 1 unspecified atom stereocenters. The van der Waals surface area contributed by atoms with E-state index in [2.05, 4.69) is 35.6 Å². The second-order valence-electron chi connectivity index (χ2n) is 7.89. The van der Waals surface area contributed by atoms with Crippen LogP contribution in [0.5, 0.6) is 11.5 Å². The molecule has 1 N–H and O–H groups in total. The van der Waals surface area contributed by atoms with E-state index in [0.29, 0.717) is 6.42 Å². The lowest BCUT2D eigenvalue weighted by Gasteiger charge is -2.28. The van der Waals surface area contributed by atoms with E-state index in [9.17, 15) is 4.79 Å². The maximum absolute atomic E-state index is 12.0. The number of rotatable bonds is 6. The number of benzene rings is 2. The molecule has 1 aliphatic carbocycles. The predicted molar refractivity (Wildman–Crippen MR) is 110 cm³/mol. The Morgan fingerprint density at radius 2 is 1.82 bits per heavy atom. The SMILES string of the molecule is COc1ccc(C2CCNC(=O)C2)c(Cc2ccccc2)c1OC1CCCC1. The van der Waals surface area contributed by atoms with Crippen LogP contribution in [0, 0.1) is 0 Å². The third-order valence-corrected chi connectivity index (χ3v) is 5.98. The first-order valence-corrected chi connectivity index (χ1v) is 10.4. The largest absolute Gasteiger partial charge is 0.493 e. The number of nitrogens with one attached hydrogen (secondary N) is 1. The zero-order valence-corrected chi connectivity index (χ0v) is 16.6. The number of hydrogen-bond donors (Lipinski definition) is 1. The number of ether oxygens (including phenoxy) is 2. The molecule has 0 aromatic heterocycles. The fourth-order valence-electron chi connectivity index (χ4n) is 4.50. The van der Waals surface area contributed by atoms with Crippen LogP contribution in [0.25, 0.3) is 0 Å². The second kappa shape index (κ2) is 8.68. The lowest BCUT2D eigenvalue weighted by molar-refractivity contribution is -0.122. The summed E-state index contributed by atoms with van der Waals surface area (Å²) in [5.41, 5.74) is 3.65. The molecule has 2 fully saturated rings. The Balaban J connectivity index is 1.76. The van der Waals surface area contributed by atoms with Gasteiger partial charge < -0.3 is 14.8 Å². The Morgan fingerprint density at radius 3 is 2.54 bits per heavy atom. The number of carbonyl (C=O) groups excluding carboxylic acids is 1. The molecule has 1 aliphatic heterocycles. The highest BCUT2D eigenvalue weighted by Crippen LogP contribution is 2.42. The Morgan fingerprint density at radius 1 is 1.04 bits per heavy atom. The first-order valence-electron chi connectivity index (χ1n) is 10.4. The van der Waals surface area contributed by atoms with Crippen molar-refractivity contribution in [3.05, 3.63) is 59.2 Å². The van der Waals surface area contributed by atoms with Crippen molar-refractivity contribution in [2.24, 2.45) is 0 Å². The Hall–Kier alpha value is -2.49. The fraction of sp³-hybridized carbons (Fsp3) is 0.458. The third kappa shape index (κ3) is 4.16. The summed E-state index contributed by atoms with van der Waals surface area (Å²) in [5.74, 6) is 2.03. The number of methoxy groups -OCH3 is 1. The van der Waals surface area contributed by atoms with Crippen molar-refractivity contribution in [1.82, 2.24) is 5.32 Å². The highest BCUT2D eigenvalue weighted by Gasteiger charge is 2.28. The van der Waals surface area contributed by atoms with Crippen LogP contribution in [0.3, 0.4) is 0 Å². The van der Waals surface area contributed by atoms with Gasteiger partial charge in [0.25, 0.3) is 0 Å². The minimum absolute atomic E-state index is 0.135. The minimum Gasteiger partial charge on any atom is -0.493 e. The van der Waals surface area contributed by atoms with Crippen LogP contribution in [0.1, 0.15) is 61.1 Å². The summed E-state index contributed by atoms with van der Waals surface area (Å²) in [6, 6.07) is 14.6. The van der Waals surface area contributed by atoms with E-state index in [1.165, 1.54) is 29.5 Å². The smallest absolute Gasteiger partial charge is 0.220 e. The minimum atomic E-state index is 0.135. The van der Waals surface area contributed by atoms with Gasteiger partial charge in [0.1, 0.15) is 0 Å². The van der Waals surface area contributed by atoms with E-state index in [4.69, 9.17) is 9.47 Å². The van der Waals surface area contributed by atoms with Gasteiger partial charge in [-0.2, -0.15) is 0 Å². The van der Waals surface area contributed by atoms with Crippen molar-refractivity contribution in [2.45, 2.75) is 57.0 Å². The highest BCUT2D eigenvalue weighted by molar-refractivity contribution is 5.78. The van der Waals surface area contributed by atoms with Gasteiger partial charge in [0, 0.05) is 24.9 Å². The van der Waals surface area contributed by atoms with Crippen molar-refractivity contribution in [2.75, 3.05) is 13.7 Å². The molecule has 0 bridgehead atoms. The molecule has 2 aromatic carbocycles. The number of carbonyl (C=O) groups is 1. The molecule has 0 spiro atoms. The normalized spacial score (nSPS) is 20.0. The van der Waals surface area contributed by atoms with Gasteiger partial charge in [-0.25, -0.2) is 0 Å². The molecule has 1 saturated heterocycles. The van der Waals surface area contributed by atoms with E-state index in [0.717, 1.165) is 43.7 Å². The zero-order valence-electron chi connectivity index (χ0n) is 16.6. The Kier molecular flexibility index (Phi) is 5.84. The lowest BCUT2D eigenvalue weighted by Crippen LogP contribution is -2.33. The van der Waals surface area contributed by atoms with Crippen LogP contribution in [0.2, 0.25) is 0 Å². The van der Waals surface area contributed by atoms with Crippen LogP contribution in [-0.4, -0.2) is 25.7 Å². The number of amides is 1. The molecule has 2 aromatic rings. The molecule has 28 heavy (non-hydrogen) atoms. The summed E-state index contributed by atoms with van der Waals surface area (Å²) < 4.78 is 12.2. The van der Waals surface area contributed by atoms with Crippen molar-refractivity contribution in [1.29, 1.82) is 0 Å². The molecular formula is C24H29NO3. The zero-order chi connectivity index (χ0) is 19.3. The maximum atomic E-state index is 12.0. The molecule has 2 aliphatic rings. The second-order valence-corrected chi connectivity index (χ2v) is 7.89. The topological polar surface area (TPSA) is 47.6 Å². The molecule has 1 saturated carbocycles. The number of hydrogen-bond acceptors (Lipinski definition) is 3. The molecular weight excluding hydrogens is 350 g/mol. The summed E-state index contributed by atoms with van der Waals surface area (Å²) >= 11 is 0. The summed E-state index contributed by atoms with van der Waals surface area (Å²) in [6.07, 6.45) is 7.20. The van der Waals surface area contributed by atoms with Crippen LogP contribution in [-0.2, 0) is 11.2 Å². The molecule has 4 rings (SSSR count). The highest BCUT2D eigenvalue weighted by atomic mass is 16.5. The van der Waals surface area contributed by atoms with Crippen molar-refractivity contribution < 1.29 is 14.3 Å². The van der Waals surface area contributed by atoms with Crippen LogP contribution < -0.4 is 14.8 Å². The summed E-state index contributed by atoms with van der Waals surface area (Å²) in [7, 11) is 1.71.